The summed E-state index contributed by atoms with van der Waals surface area (Å²) in [5.74, 6) is -0.0192. The lowest BCUT2D eigenvalue weighted by atomic mass is 10.1. The summed E-state index contributed by atoms with van der Waals surface area (Å²) in [4.78, 5) is 16.0. The van der Waals surface area contributed by atoms with Crippen molar-refractivity contribution in [1.29, 1.82) is 0 Å². The first-order valence-electron chi connectivity index (χ1n) is 11.4. The smallest absolute Gasteiger partial charge is 0.253 e. The van der Waals surface area contributed by atoms with Crippen LogP contribution in [-0.2, 0) is 22.6 Å². The van der Waals surface area contributed by atoms with Crippen LogP contribution in [0.2, 0.25) is 0 Å². The lowest BCUT2D eigenvalue weighted by Crippen LogP contribution is -2.41. The fraction of sp³-hybridized carbons (Fsp3) is 0.296. The van der Waals surface area contributed by atoms with Crippen molar-refractivity contribution in [3.05, 3.63) is 96.1 Å². The van der Waals surface area contributed by atoms with Gasteiger partial charge in [0.2, 0.25) is 0 Å². The number of morpholine rings is 1. The fourth-order valence-electron chi connectivity index (χ4n) is 4.02. The Bertz CT molecular complexity index is 955. The molecule has 172 valence electrons. The van der Waals surface area contributed by atoms with Crippen LogP contribution in [0.1, 0.15) is 11.1 Å². The summed E-state index contributed by atoms with van der Waals surface area (Å²) in [6.07, 6.45) is -0.530. The number of carbonyl (C=O) groups is 1. The maximum atomic E-state index is 12.0. The number of anilines is 2. The Labute approximate surface area is 195 Å². The van der Waals surface area contributed by atoms with Gasteiger partial charge < -0.3 is 20.1 Å². The minimum absolute atomic E-state index is 0.0192. The topological polar surface area (TPSA) is 65.0 Å². The largest absolute Gasteiger partial charge is 0.390 e. The molecule has 6 heteroatoms. The SMILES string of the molecule is O=C1COCCN1c1ccc(NC[C@@H](O)CN(Cc2ccccc2)Cc2ccccc2)cc1. The Hall–Kier alpha value is -3.19. The van der Waals surface area contributed by atoms with Crippen molar-refractivity contribution < 1.29 is 14.6 Å². The number of hydrogen-bond donors (Lipinski definition) is 2. The van der Waals surface area contributed by atoms with Gasteiger partial charge in [0, 0.05) is 44.1 Å². The third-order valence-electron chi connectivity index (χ3n) is 5.67. The molecule has 33 heavy (non-hydrogen) atoms. The van der Waals surface area contributed by atoms with E-state index < -0.39 is 6.10 Å². The normalized spacial score (nSPS) is 15.0. The molecule has 0 unspecified atom stereocenters. The van der Waals surface area contributed by atoms with E-state index >= 15 is 0 Å². The summed E-state index contributed by atoms with van der Waals surface area (Å²) in [7, 11) is 0. The maximum absolute atomic E-state index is 12.0. The zero-order valence-electron chi connectivity index (χ0n) is 18.8. The monoisotopic (exact) mass is 445 g/mol. The summed E-state index contributed by atoms with van der Waals surface area (Å²) < 4.78 is 5.19. The maximum Gasteiger partial charge on any atom is 0.253 e. The number of nitrogens with one attached hydrogen (secondary N) is 1. The van der Waals surface area contributed by atoms with E-state index in [-0.39, 0.29) is 12.5 Å². The van der Waals surface area contributed by atoms with Gasteiger partial charge in [-0.25, -0.2) is 0 Å². The summed E-state index contributed by atoms with van der Waals surface area (Å²) in [6, 6.07) is 28.4. The highest BCUT2D eigenvalue weighted by molar-refractivity contribution is 5.95. The molecule has 6 nitrogen and oxygen atoms in total. The van der Waals surface area contributed by atoms with E-state index in [2.05, 4.69) is 34.5 Å². The Morgan fingerprint density at radius 3 is 2.09 bits per heavy atom. The summed E-state index contributed by atoms with van der Waals surface area (Å²) in [6.45, 7) is 3.80. The summed E-state index contributed by atoms with van der Waals surface area (Å²) in [5.41, 5.74) is 4.23. The van der Waals surface area contributed by atoms with Crippen molar-refractivity contribution in [2.45, 2.75) is 19.2 Å². The number of rotatable bonds is 10. The van der Waals surface area contributed by atoms with Crippen molar-refractivity contribution in [3.63, 3.8) is 0 Å². The minimum atomic E-state index is -0.530. The molecule has 3 aromatic rings. The van der Waals surface area contributed by atoms with Crippen molar-refractivity contribution in [1.82, 2.24) is 4.90 Å². The van der Waals surface area contributed by atoms with Crippen molar-refractivity contribution in [2.75, 3.05) is 43.1 Å². The second-order valence-electron chi connectivity index (χ2n) is 8.32. The van der Waals surface area contributed by atoms with Gasteiger partial charge in [-0.3, -0.25) is 9.69 Å². The molecule has 1 fully saturated rings. The fourth-order valence-corrected chi connectivity index (χ4v) is 4.02. The molecule has 1 aliphatic heterocycles. The van der Waals surface area contributed by atoms with Gasteiger partial charge in [-0.15, -0.1) is 0 Å². The van der Waals surface area contributed by atoms with Gasteiger partial charge >= 0.3 is 0 Å². The molecular formula is C27H31N3O3. The molecule has 0 radical (unpaired) electrons. The number of nitrogens with zero attached hydrogens (tertiary/aromatic N) is 2. The standard InChI is InChI=1S/C27H31N3O3/c31-26(17-28-24-11-13-25(14-12-24)30-15-16-33-21-27(30)32)20-29(18-22-7-3-1-4-8-22)19-23-9-5-2-6-10-23/h1-14,26,28,31H,15-21H2/t26-/m1/s1. The summed E-state index contributed by atoms with van der Waals surface area (Å²) >= 11 is 0. The number of ether oxygens (including phenoxy) is 1. The molecule has 2 N–H and O–H groups in total. The molecule has 0 bridgehead atoms. The van der Waals surface area contributed by atoms with Crippen LogP contribution in [0.4, 0.5) is 11.4 Å². The number of aliphatic hydroxyl groups excluding tert-OH is 1. The quantitative estimate of drug-likeness (QED) is 0.500. The number of aliphatic hydroxyl groups is 1. The third-order valence-corrected chi connectivity index (χ3v) is 5.67. The van der Waals surface area contributed by atoms with E-state index in [0.29, 0.717) is 26.2 Å². The molecule has 0 spiro atoms. The van der Waals surface area contributed by atoms with Crippen LogP contribution in [-0.4, -0.2) is 54.9 Å². The Morgan fingerprint density at radius 1 is 0.909 bits per heavy atom. The van der Waals surface area contributed by atoms with Crippen LogP contribution >= 0.6 is 0 Å². The Morgan fingerprint density at radius 2 is 1.52 bits per heavy atom. The minimum Gasteiger partial charge on any atom is -0.390 e. The molecular weight excluding hydrogens is 414 g/mol. The first-order chi connectivity index (χ1) is 16.2. The molecule has 1 heterocycles. The molecule has 1 amide bonds. The van der Waals surface area contributed by atoms with Crippen molar-refractivity contribution in [2.24, 2.45) is 0 Å². The zero-order chi connectivity index (χ0) is 22.9. The van der Waals surface area contributed by atoms with Gasteiger partial charge in [0.25, 0.3) is 5.91 Å². The lowest BCUT2D eigenvalue weighted by molar-refractivity contribution is -0.125. The molecule has 1 saturated heterocycles. The van der Waals surface area contributed by atoms with Crippen LogP contribution in [0.5, 0.6) is 0 Å². The van der Waals surface area contributed by atoms with Crippen LogP contribution < -0.4 is 10.2 Å². The first-order valence-corrected chi connectivity index (χ1v) is 11.4. The zero-order valence-corrected chi connectivity index (χ0v) is 18.8. The van der Waals surface area contributed by atoms with Crippen LogP contribution in [0, 0.1) is 0 Å². The van der Waals surface area contributed by atoms with E-state index in [1.165, 1.54) is 11.1 Å². The van der Waals surface area contributed by atoms with Crippen LogP contribution in [0.25, 0.3) is 0 Å². The van der Waals surface area contributed by atoms with Crippen molar-refractivity contribution >= 4 is 17.3 Å². The second kappa shape index (κ2) is 11.6. The Kier molecular flexibility index (Phi) is 8.09. The number of carbonyl (C=O) groups excluding carboxylic acids is 1. The number of benzene rings is 3. The van der Waals surface area contributed by atoms with Crippen LogP contribution in [0.15, 0.2) is 84.9 Å². The highest BCUT2D eigenvalue weighted by atomic mass is 16.5. The van der Waals surface area contributed by atoms with E-state index in [9.17, 15) is 9.90 Å². The molecule has 0 saturated carbocycles. The average Bonchev–Trinajstić information content (AvgIpc) is 2.85. The van der Waals surface area contributed by atoms with Crippen LogP contribution in [0.3, 0.4) is 0 Å². The van der Waals surface area contributed by atoms with Gasteiger partial charge in [-0.2, -0.15) is 0 Å². The predicted molar refractivity (Wildman–Crippen MR) is 131 cm³/mol. The molecule has 0 aliphatic carbocycles. The predicted octanol–water partition coefficient (Wildman–Crippen LogP) is 3.53. The highest BCUT2D eigenvalue weighted by Gasteiger charge is 2.20. The van der Waals surface area contributed by atoms with Crippen molar-refractivity contribution in [3.8, 4) is 0 Å². The Balaban J connectivity index is 1.32. The molecule has 4 rings (SSSR count). The molecule has 1 atom stereocenters. The van der Waals surface area contributed by atoms with Gasteiger partial charge in [0.1, 0.15) is 6.61 Å². The van der Waals surface area contributed by atoms with E-state index in [0.717, 1.165) is 24.5 Å². The van der Waals surface area contributed by atoms with E-state index in [4.69, 9.17) is 4.74 Å². The van der Waals surface area contributed by atoms with Gasteiger partial charge in [0.05, 0.1) is 12.7 Å². The third kappa shape index (κ3) is 6.89. The van der Waals surface area contributed by atoms with E-state index in [1.54, 1.807) is 4.90 Å². The van der Waals surface area contributed by atoms with Gasteiger partial charge in [0.15, 0.2) is 0 Å². The van der Waals surface area contributed by atoms with E-state index in [1.807, 2.05) is 60.7 Å². The highest BCUT2D eigenvalue weighted by Crippen LogP contribution is 2.20. The van der Waals surface area contributed by atoms with Gasteiger partial charge in [-0.1, -0.05) is 60.7 Å². The first kappa shape index (κ1) is 23.0. The number of amides is 1. The summed E-state index contributed by atoms with van der Waals surface area (Å²) in [5, 5.41) is 14.1. The van der Waals surface area contributed by atoms with Gasteiger partial charge in [-0.05, 0) is 35.4 Å². The molecule has 1 aliphatic rings. The lowest BCUT2D eigenvalue weighted by Gasteiger charge is -2.27. The molecule has 3 aromatic carbocycles. The second-order valence-corrected chi connectivity index (χ2v) is 8.32. The number of hydrogen-bond acceptors (Lipinski definition) is 5. The average molecular weight is 446 g/mol. The molecule has 0 aromatic heterocycles.